The molecule has 0 aromatic heterocycles. The topological polar surface area (TPSA) is 70.1 Å². The van der Waals surface area contributed by atoms with Crippen LogP contribution in [0.25, 0.3) is 0 Å². The Morgan fingerprint density at radius 3 is 2.69 bits per heavy atom. The van der Waals surface area contributed by atoms with E-state index in [9.17, 15) is 9.00 Å². The van der Waals surface area contributed by atoms with Crippen molar-refractivity contribution in [2.75, 3.05) is 24.7 Å². The molecule has 0 fully saturated rings. The van der Waals surface area contributed by atoms with E-state index in [0.717, 1.165) is 35.0 Å². The molecule has 8 heteroatoms. The Bertz CT molecular complexity index is 934. The lowest BCUT2D eigenvalue weighted by molar-refractivity contribution is -0.131. The number of thioether (sulfide) groups is 1. The van der Waals surface area contributed by atoms with Gasteiger partial charge in [-0.2, -0.15) is 0 Å². The molecule has 0 saturated heterocycles. The summed E-state index contributed by atoms with van der Waals surface area (Å²) in [5.74, 6) is -0.603. The van der Waals surface area contributed by atoms with Crippen molar-refractivity contribution in [1.29, 1.82) is 0 Å². The van der Waals surface area contributed by atoms with Gasteiger partial charge in [0, 0.05) is 31.4 Å². The van der Waals surface area contributed by atoms with E-state index in [1.807, 2.05) is 54.0 Å². The third-order valence-electron chi connectivity index (χ3n) is 4.84. The summed E-state index contributed by atoms with van der Waals surface area (Å²) in [6, 6.07) is 13.9. The highest BCUT2D eigenvalue weighted by molar-refractivity contribution is 7.98. The van der Waals surface area contributed by atoms with Crippen molar-refractivity contribution in [3.8, 4) is 5.75 Å². The van der Waals surface area contributed by atoms with Crippen LogP contribution in [-0.4, -0.2) is 45.5 Å². The second-order valence-electron chi connectivity index (χ2n) is 6.53. The van der Waals surface area contributed by atoms with Crippen LogP contribution >= 0.6 is 11.8 Å². The van der Waals surface area contributed by atoms with Gasteiger partial charge in [0.25, 0.3) is 0 Å². The quantitative estimate of drug-likeness (QED) is 0.418. The fourth-order valence-corrected chi connectivity index (χ4v) is 5.14. The van der Waals surface area contributed by atoms with E-state index in [1.54, 1.807) is 6.07 Å². The van der Waals surface area contributed by atoms with Crippen LogP contribution in [0.4, 0.5) is 11.4 Å². The number of carboxylic acid groups (broad SMARTS) is 1. The average molecular weight is 433 g/mol. The number of carbonyl (C=O) groups is 1. The van der Waals surface area contributed by atoms with Gasteiger partial charge in [0.15, 0.2) is 0 Å². The Morgan fingerprint density at radius 1 is 1.34 bits per heavy atom. The summed E-state index contributed by atoms with van der Waals surface area (Å²) < 4.78 is 20.8. The van der Waals surface area contributed by atoms with Crippen LogP contribution in [-0.2, 0) is 15.8 Å². The van der Waals surface area contributed by atoms with Crippen molar-refractivity contribution < 1.29 is 18.8 Å². The van der Waals surface area contributed by atoms with E-state index in [4.69, 9.17) is 9.84 Å². The second-order valence-corrected chi connectivity index (χ2v) is 8.90. The van der Waals surface area contributed by atoms with Crippen molar-refractivity contribution in [3.63, 3.8) is 0 Å². The highest BCUT2D eigenvalue weighted by Crippen LogP contribution is 2.42. The number of ether oxygens (including phenoxy) is 1. The third kappa shape index (κ3) is 4.66. The lowest BCUT2D eigenvalue weighted by Gasteiger charge is -2.29. The Balaban J connectivity index is 2.15. The van der Waals surface area contributed by atoms with Gasteiger partial charge < -0.3 is 14.7 Å². The first kappa shape index (κ1) is 21.4. The van der Waals surface area contributed by atoms with Crippen LogP contribution in [0.15, 0.2) is 64.6 Å². The van der Waals surface area contributed by atoms with Crippen LogP contribution in [0.1, 0.15) is 13.3 Å². The van der Waals surface area contributed by atoms with Crippen molar-refractivity contribution in [2.24, 2.45) is 0 Å². The van der Waals surface area contributed by atoms with Crippen LogP contribution in [0, 0.1) is 0 Å². The van der Waals surface area contributed by atoms with E-state index in [2.05, 4.69) is 11.8 Å². The van der Waals surface area contributed by atoms with Crippen molar-refractivity contribution in [2.45, 2.75) is 29.2 Å². The number of carboxylic acids is 1. The van der Waals surface area contributed by atoms with E-state index < -0.39 is 17.0 Å². The number of nitrogens with zero attached hydrogens (tertiary/aromatic N) is 2. The Labute approximate surface area is 177 Å². The zero-order chi connectivity index (χ0) is 21.0. The number of hydrogen-bond acceptors (Lipinski definition) is 5. The largest absolute Gasteiger partial charge is 0.478 e. The standard InChI is InChI=1S/C21H24N2O4S2/c1-4-15-14-23(16-8-6-5-7-9-16)17-12-19(28-3)18(27-11-10-21(24)25)13-20(17)29(26)22(15)2/h5-13,15H,4,14H2,1-3H3,(H,24,25)/b11-10+. The van der Waals surface area contributed by atoms with Gasteiger partial charge in [-0.1, -0.05) is 25.1 Å². The molecule has 2 unspecified atom stereocenters. The van der Waals surface area contributed by atoms with Gasteiger partial charge in [-0.15, -0.1) is 11.8 Å². The van der Waals surface area contributed by atoms with E-state index >= 15 is 0 Å². The predicted octanol–water partition coefficient (Wildman–Crippen LogP) is 4.27. The zero-order valence-corrected chi connectivity index (χ0v) is 18.2. The highest BCUT2D eigenvalue weighted by atomic mass is 32.2. The molecule has 0 spiro atoms. The molecule has 1 aliphatic heterocycles. The number of fused-ring (bicyclic) bond motifs is 1. The molecule has 1 heterocycles. The fourth-order valence-electron chi connectivity index (χ4n) is 3.25. The molecule has 0 radical (unpaired) electrons. The first-order valence-electron chi connectivity index (χ1n) is 9.21. The number of likely N-dealkylation sites (N-methyl/N-ethyl adjacent to an activating group) is 1. The Hall–Kier alpha value is -2.29. The van der Waals surface area contributed by atoms with Crippen LogP contribution in [0.3, 0.4) is 0 Å². The summed E-state index contributed by atoms with van der Waals surface area (Å²) >= 11 is 1.49. The molecule has 0 amide bonds. The number of benzene rings is 2. The molecular weight excluding hydrogens is 408 g/mol. The van der Waals surface area contributed by atoms with Gasteiger partial charge >= 0.3 is 5.97 Å². The summed E-state index contributed by atoms with van der Waals surface area (Å²) in [6.07, 6.45) is 4.86. The van der Waals surface area contributed by atoms with E-state index in [-0.39, 0.29) is 6.04 Å². The van der Waals surface area contributed by atoms with Gasteiger partial charge in [-0.25, -0.2) is 13.3 Å². The smallest absolute Gasteiger partial charge is 0.331 e. The molecular formula is C21H24N2O4S2. The molecule has 6 nitrogen and oxygen atoms in total. The van der Waals surface area contributed by atoms with Crippen LogP contribution in [0.5, 0.6) is 5.75 Å². The normalized spacial score (nSPS) is 19.8. The molecule has 0 saturated carbocycles. The molecule has 1 N–H and O–H groups in total. The summed E-state index contributed by atoms with van der Waals surface area (Å²) in [5, 5.41) is 8.81. The fraction of sp³-hybridized carbons (Fsp3) is 0.286. The molecule has 2 aromatic carbocycles. The first-order valence-corrected chi connectivity index (χ1v) is 11.5. The minimum atomic E-state index is -1.37. The van der Waals surface area contributed by atoms with Crippen LogP contribution in [0.2, 0.25) is 0 Å². The van der Waals surface area contributed by atoms with Gasteiger partial charge in [-0.05, 0) is 30.9 Å². The van der Waals surface area contributed by atoms with Gasteiger partial charge in [-0.3, -0.25) is 0 Å². The van der Waals surface area contributed by atoms with E-state index in [0.29, 0.717) is 17.2 Å². The van der Waals surface area contributed by atoms with E-state index in [1.165, 1.54) is 11.8 Å². The minimum absolute atomic E-state index is 0.109. The molecule has 2 atom stereocenters. The number of hydrogen-bond donors (Lipinski definition) is 1. The molecule has 2 aromatic rings. The Morgan fingerprint density at radius 2 is 2.07 bits per heavy atom. The molecule has 3 rings (SSSR count). The van der Waals surface area contributed by atoms with Crippen molar-refractivity contribution in [3.05, 3.63) is 54.8 Å². The lowest BCUT2D eigenvalue weighted by atomic mass is 10.1. The zero-order valence-electron chi connectivity index (χ0n) is 16.6. The maximum atomic E-state index is 13.4. The average Bonchev–Trinajstić information content (AvgIpc) is 2.83. The predicted molar refractivity (Wildman–Crippen MR) is 117 cm³/mol. The maximum absolute atomic E-state index is 13.4. The highest BCUT2D eigenvalue weighted by Gasteiger charge is 2.32. The SMILES string of the molecule is CCC1CN(c2ccccc2)c2cc(SC)c(O/C=C/C(=O)O)cc2S(=O)N1C. The molecule has 29 heavy (non-hydrogen) atoms. The summed E-state index contributed by atoms with van der Waals surface area (Å²) in [5.41, 5.74) is 1.90. The summed E-state index contributed by atoms with van der Waals surface area (Å²) in [6.45, 7) is 2.80. The lowest BCUT2D eigenvalue weighted by Crippen LogP contribution is -2.38. The number of rotatable bonds is 6. The first-order chi connectivity index (χ1) is 14.0. The third-order valence-corrected chi connectivity index (χ3v) is 7.12. The minimum Gasteiger partial charge on any atom is -0.478 e. The second kappa shape index (κ2) is 9.47. The molecule has 0 bridgehead atoms. The van der Waals surface area contributed by atoms with Gasteiger partial charge in [0.1, 0.15) is 16.7 Å². The number of aliphatic carboxylic acids is 1. The molecule has 154 valence electrons. The van der Waals surface area contributed by atoms with Gasteiger partial charge in [0.05, 0.1) is 27.8 Å². The number of para-hydroxylation sites is 1. The van der Waals surface area contributed by atoms with Crippen LogP contribution < -0.4 is 9.64 Å². The van der Waals surface area contributed by atoms with Gasteiger partial charge in [0.2, 0.25) is 0 Å². The summed E-state index contributed by atoms with van der Waals surface area (Å²) in [7, 11) is 0.496. The maximum Gasteiger partial charge on any atom is 0.331 e. The monoisotopic (exact) mass is 432 g/mol. The van der Waals surface area contributed by atoms with Crippen molar-refractivity contribution in [1.82, 2.24) is 4.31 Å². The molecule has 0 aliphatic carbocycles. The Kier molecular flexibility index (Phi) is 7.00. The molecule has 1 aliphatic rings. The van der Waals surface area contributed by atoms with Crippen molar-refractivity contribution >= 4 is 40.1 Å². The summed E-state index contributed by atoms with van der Waals surface area (Å²) in [4.78, 5) is 14.4. The number of anilines is 2.